The van der Waals surface area contributed by atoms with Gasteiger partial charge in [-0.3, -0.25) is 0 Å². The molecule has 0 saturated carbocycles. The number of epoxide rings is 2. The zero-order chi connectivity index (χ0) is 17.3. The van der Waals surface area contributed by atoms with Crippen molar-refractivity contribution in [3.8, 4) is 11.5 Å². The largest absolute Gasteiger partial charge is 0.497 e. The Hall–Kier alpha value is -2.08. The lowest BCUT2D eigenvalue weighted by atomic mass is 9.99. The first-order chi connectivity index (χ1) is 12.2. The average Bonchev–Trinajstić information content (AvgIpc) is 3.59. The Kier molecular flexibility index (Phi) is 4.15. The Morgan fingerprint density at radius 1 is 0.720 bits per heavy atom. The third kappa shape index (κ3) is 3.23. The van der Waals surface area contributed by atoms with Crippen LogP contribution in [0.3, 0.4) is 0 Å². The molecule has 2 saturated heterocycles. The van der Waals surface area contributed by atoms with Gasteiger partial charge in [-0.2, -0.15) is 0 Å². The highest BCUT2D eigenvalue weighted by Gasteiger charge is 2.50. The number of methoxy groups -OCH3 is 2. The highest BCUT2D eigenvalue weighted by atomic mass is 16.6. The smallest absolute Gasteiger partial charge is 0.140 e. The van der Waals surface area contributed by atoms with Crippen LogP contribution >= 0.6 is 0 Å². The van der Waals surface area contributed by atoms with Crippen LogP contribution in [0.15, 0.2) is 48.5 Å². The molecule has 2 aromatic rings. The zero-order valence-electron chi connectivity index (χ0n) is 14.5. The summed E-state index contributed by atoms with van der Waals surface area (Å²) in [4.78, 5) is 0. The van der Waals surface area contributed by atoms with Gasteiger partial charge in [-0.25, -0.2) is 0 Å². The van der Waals surface area contributed by atoms with E-state index in [-0.39, 0.29) is 11.2 Å². The Labute approximate surface area is 147 Å². The summed E-state index contributed by atoms with van der Waals surface area (Å²) in [5.41, 5.74) is 1.57. The monoisotopic (exact) mass is 342 g/mol. The summed E-state index contributed by atoms with van der Waals surface area (Å²) in [7, 11) is 3.32. The molecule has 2 aliphatic heterocycles. The molecule has 2 unspecified atom stereocenters. The maximum Gasteiger partial charge on any atom is 0.140 e. The molecule has 0 N–H and O–H groups in total. The second-order valence-electron chi connectivity index (χ2n) is 6.52. The lowest BCUT2D eigenvalue weighted by Crippen LogP contribution is -2.23. The maximum atomic E-state index is 6.00. The Morgan fingerprint density at radius 3 is 1.36 bits per heavy atom. The number of hydrogen-bond acceptors (Lipinski definition) is 5. The predicted octanol–water partition coefficient (Wildman–Crippen LogP) is 2.87. The number of ether oxygens (including phenoxy) is 5. The van der Waals surface area contributed by atoms with E-state index in [2.05, 4.69) is 0 Å². The van der Waals surface area contributed by atoms with E-state index in [1.807, 2.05) is 48.5 Å². The van der Waals surface area contributed by atoms with Crippen molar-refractivity contribution in [2.24, 2.45) is 0 Å². The van der Waals surface area contributed by atoms with Crippen LogP contribution in [0.5, 0.6) is 11.5 Å². The standard InChI is InChI=1S/C20H22O5/c1-21-17-7-3-15(4-8-17)19(13-24-19)11-23-12-20(14-25-20)16-5-9-18(22-2)10-6-16/h3-10H,11-14H2,1-2H3. The summed E-state index contributed by atoms with van der Waals surface area (Å²) in [5, 5.41) is 0. The van der Waals surface area contributed by atoms with E-state index in [1.165, 1.54) is 0 Å². The molecule has 0 bridgehead atoms. The Balaban J connectivity index is 1.36. The van der Waals surface area contributed by atoms with Crippen molar-refractivity contribution in [1.29, 1.82) is 0 Å². The van der Waals surface area contributed by atoms with Gasteiger partial charge in [-0.1, -0.05) is 24.3 Å². The molecule has 0 aliphatic carbocycles. The van der Waals surface area contributed by atoms with E-state index in [1.54, 1.807) is 14.2 Å². The van der Waals surface area contributed by atoms with E-state index in [9.17, 15) is 0 Å². The molecule has 0 radical (unpaired) electrons. The van der Waals surface area contributed by atoms with Crippen LogP contribution in [-0.2, 0) is 25.4 Å². The third-order valence-electron chi connectivity index (χ3n) is 4.89. The molecule has 0 spiro atoms. The molecule has 2 aliphatic rings. The molecule has 132 valence electrons. The van der Waals surface area contributed by atoms with Crippen LogP contribution < -0.4 is 9.47 Å². The fourth-order valence-electron chi connectivity index (χ4n) is 3.01. The zero-order valence-corrected chi connectivity index (χ0v) is 14.5. The van der Waals surface area contributed by atoms with Gasteiger partial charge >= 0.3 is 0 Å². The molecular formula is C20H22O5. The van der Waals surface area contributed by atoms with Gasteiger partial charge in [-0.05, 0) is 35.4 Å². The van der Waals surface area contributed by atoms with Crippen molar-refractivity contribution in [1.82, 2.24) is 0 Å². The van der Waals surface area contributed by atoms with Crippen LogP contribution in [0.2, 0.25) is 0 Å². The molecule has 0 amide bonds. The van der Waals surface area contributed by atoms with Gasteiger partial charge in [0, 0.05) is 0 Å². The van der Waals surface area contributed by atoms with Crippen LogP contribution in [0.1, 0.15) is 11.1 Å². The predicted molar refractivity (Wildman–Crippen MR) is 92.1 cm³/mol. The van der Waals surface area contributed by atoms with Gasteiger partial charge in [-0.15, -0.1) is 0 Å². The van der Waals surface area contributed by atoms with Gasteiger partial charge in [0.05, 0.1) is 40.6 Å². The second kappa shape index (κ2) is 6.33. The summed E-state index contributed by atoms with van der Waals surface area (Å²) >= 11 is 0. The number of rotatable bonds is 8. The normalized spacial score (nSPS) is 27.0. The molecule has 5 nitrogen and oxygen atoms in total. The summed E-state index contributed by atoms with van der Waals surface area (Å²) in [5.74, 6) is 1.68. The first-order valence-electron chi connectivity index (χ1n) is 8.34. The summed E-state index contributed by atoms with van der Waals surface area (Å²) < 4.78 is 27.8. The molecule has 25 heavy (non-hydrogen) atoms. The summed E-state index contributed by atoms with van der Waals surface area (Å²) in [6, 6.07) is 15.9. The van der Waals surface area contributed by atoms with Crippen LogP contribution in [0.4, 0.5) is 0 Å². The van der Waals surface area contributed by atoms with Crippen molar-refractivity contribution in [3.05, 3.63) is 59.7 Å². The van der Waals surface area contributed by atoms with Crippen molar-refractivity contribution >= 4 is 0 Å². The van der Waals surface area contributed by atoms with E-state index < -0.39 is 0 Å². The number of benzene rings is 2. The van der Waals surface area contributed by atoms with Crippen molar-refractivity contribution in [3.63, 3.8) is 0 Å². The molecule has 2 heterocycles. The first kappa shape index (κ1) is 16.4. The fraction of sp³-hybridized carbons (Fsp3) is 0.400. The molecular weight excluding hydrogens is 320 g/mol. The molecule has 4 rings (SSSR count). The fourth-order valence-corrected chi connectivity index (χ4v) is 3.01. The van der Waals surface area contributed by atoms with Gasteiger partial charge in [0.1, 0.15) is 22.7 Å². The SMILES string of the molecule is COc1ccc(C2(COCC3(c4ccc(OC)cc4)CO3)CO2)cc1. The van der Waals surface area contributed by atoms with Crippen molar-refractivity contribution < 1.29 is 23.7 Å². The first-order valence-corrected chi connectivity index (χ1v) is 8.34. The quantitative estimate of drug-likeness (QED) is 0.691. The molecule has 5 heteroatoms. The third-order valence-corrected chi connectivity index (χ3v) is 4.89. The van der Waals surface area contributed by atoms with E-state index in [4.69, 9.17) is 23.7 Å². The Bertz CT molecular complexity index is 651. The van der Waals surface area contributed by atoms with Gasteiger partial charge in [0.2, 0.25) is 0 Å². The summed E-state index contributed by atoms with van der Waals surface area (Å²) in [6.07, 6.45) is 0. The molecule has 2 atom stereocenters. The lowest BCUT2D eigenvalue weighted by molar-refractivity contribution is 0.0403. The van der Waals surface area contributed by atoms with E-state index in [0.717, 1.165) is 22.6 Å². The highest BCUT2D eigenvalue weighted by molar-refractivity contribution is 5.34. The summed E-state index contributed by atoms with van der Waals surface area (Å²) in [6.45, 7) is 2.38. The highest BCUT2D eigenvalue weighted by Crippen LogP contribution is 2.42. The van der Waals surface area contributed by atoms with Crippen LogP contribution in [-0.4, -0.2) is 40.6 Å². The van der Waals surface area contributed by atoms with Crippen LogP contribution in [0.25, 0.3) is 0 Å². The van der Waals surface area contributed by atoms with Crippen molar-refractivity contribution in [2.45, 2.75) is 11.2 Å². The molecule has 2 fully saturated rings. The van der Waals surface area contributed by atoms with Gasteiger partial charge in [0.25, 0.3) is 0 Å². The topological polar surface area (TPSA) is 52.8 Å². The number of hydrogen-bond donors (Lipinski definition) is 0. The molecule has 2 aromatic carbocycles. The minimum Gasteiger partial charge on any atom is -0.497 e. The minimum atomic E-state index is -0.331. The van der Waals surface area contributed by atoms with Crippen molar-refractivity contribution in [2.75, 3.05) is 40.6 Å². The maximum absolute atomic E-state index is 6.00. The second-order valence-corrected chi connectivity index (χ2v) is 6.52. The molecule has 0 aromatic heterocycles. The average molecular weight is 342 g/mol. The van der Waals surface area contributed by atoms with Crippen LogP contribution in [0, 0.1) is 0 Å². The lowest BCUT2D eigenvalue weighted by Gasteiger charge is -2.17. The van der Waals surface area contributed by atoms with Gasteiger partial charge < -0.3 is 23.7 Å². The minimum absolute atomic E-state index is 0.331. The Morgan fingerprint density at radius 2 is 1.08 bits per heavy atom. The van der Waals surface area contributed by atoms with Gasteiger partial charge in [0.15, 0.2) is 0 Å². The van der Waals surface area contributed by atoms with E-state index >= 15 is 0 Å². The van der Waals surface area contributed by atoms with E-state index in [0.29, 0.717) is 26.4 Å².